The highest BCUT2D eigenvalue weighted by atomic mass is 16.5. The van der Waals surface area contributed by atoms with Gasteiger partial charge in [0.05, 0.1) is 7.11 Å². The lowest BCUT2D eigenvalue weighted by atomic mass is 10.0. The van der Waals surface area contributed by atoms with E-state index in [0.29, 0.717) is 0 Å². The Kier molecular flexibility index (Phi) is 4.94. The van der Waals surface area contributed by atoms with Crippen LogP contribution in [0.2, 0.25) is 0 Å². The molecule has 1 heterocycles. The molecule has 1 unspecified atom stereocenters. The number of rotatable bonds is 6. The van der Waals surface area contributed by atoms with Gasteiger partial charge in [-0.15, -0.1) is 0 Å². The van der Waals surface area contributed by atoms with Crippen LogP contribution in [0.25, 0.3) is 5.57 Å². The van der Waals surface area contributed by atoms with Gasteiger partial charge in [0.25, 0.3) is 0 Å². The van der Waals surface area contributed by atoms with Crippen LogP contribution in [-0.4, -0.2) is 12.9 Å². The molecule has 0 saturated carbocycles. The molecule has 0 aliphatic carbocycles. The van der Waals surface area contributed by atoms with E-state index in [-0.39, 0.29) is 10.8 Å². The fraction of sp³-hybridized carbons (Fsp3) is 0.353. The summed E-state index contributed by atoms with van der Waals surface area (Å²) >= 11 is 0. The van der Waals surface area contributed by atoms with Crippen LogP contribution < -0.4 is 9.80 Å². The second kappa shape index (κ2) is 6.70. The molecule has 1 aromatic carbocycles. The summed E-state index contributed by atoms with van der Waals surface area (Å²) < 4.78 is 5.22. The predicted octanol–water partition coefficient (Wildman–Crippen LogP) is 2.77. The minimum absolute atomic E-state index is 0.0499. The summed E-state index contributed by atoms with van der Waals surface area (Å²) in [5.74, 6) is 0.874. The molecule has 1 N–H and O–H groups in total. The van der Waals surface area contributed by atoms with Crippen molar-refractivity contribution in [3.05, 3.63) is 46.8 Å². The van der Waals surface area contributed by atoms with Gasteiger partial charge in [-0.2, -0.15) is 0 Å². The molecule has 112 valence electrons. The van der Waals surface area contributed by atoms with E-state index < -0.39 is 0 Å². The number of hydrogen-bond donors (Lipinski definition) is 1. The predicted molar refractivity (Wildman–Crippen MR) is 83.2 cm³/mol. The molecule has 1 aliphatic heterocycles. The highest BCUT2D eigenvalue weighted by Crippen LogP contribution is 2.32. The molecule has 1 aromatic rings. The molecule has 0 fully saturated rings. The summed E-state index contributed by atoms with van der Waals surface area (Å²) in [6.45, 7) is 3.57. The van der Waals surface area contributed by atoms with Crippen LogP contribution in [0.4, 0.5) is 5.69 Å². The van der Waals surface area contributed by atoms with E-state index in [2.05, 4.69) is 0 Å². The molecule has 2 rings (SSSR count). The fourth-order valence-corrected chi connectivity index (χ4v) is 2.59. The number of carbonyl (C=O) groups is 1. The van der Waals surface area contributed by atoms with Crippen molar-refractivity contribution in [2.24, 2.45) is 0 Å². The number of Topliss-reactive ketones (excluding diaryl/α,β-unsaturated/α-hetero) is 1. The lowest BCUT2D eigenvalue weighted by molar-refractivity contribution is -0.710. The molecule has 0 aromatic heterocycles. The second-order valence-corrected chi connectivity index (χ2v) is 5.12. The molecule has 4 heteroatoms. The third-order valence-corrected chi connectivity index (χ3v) is 3.78. The zero-order valence-electron chi connectivity index (χ0n) is 12.7. The number of hydrogen-bond acceptors (Lipinski definition) is 3. The Labute approximate surface area is 125 Å². The fourth-order valence-electron chi connectivity index (χ4n) is 2.59. The summed E-state index contributed by atoms with van der Waals surface area (Å²) in [6.07, 6.45) is 5.93. The highest BCUT2D eigenvalue weighted by Gasteiger charge is 2.21. The van der Waals surface area contributed by atoms with E-state index in [0.717, 1.165) is 47.4 Å². The van der Waals surface area contributed by atoms with Crippen LogP contribution in [0, 0.1) is 5.21 Å². The Bertz CT molecular complexity index is 602. The van der Waals surface area contributed by atoms with E-state index in [1.165, 1.54) is 0 Å². The molecule has 0 spiro atoms. The third-order valence-electron chi connectivity index (χ3n) is 3.78. The van der Waals surface area contributed by atoms with Crippen LogP contribution in [0.5, 0.6) is 5.75 Å². The van der Waals surface area contributed by atoms with Gasteiger partial charge in [-0.05, 0) is 43.9 Å². The lowest BCUT2D eigenvalue weighted by Gasteiger charge is -2.13. The number of allylic oxidation sites excluding steroid dienone is 3. The van der Waals surface area contributed by atoms with Gasteiger partial charge in [0, 0.05) is 17.2 Å². The van der Waals surface area contributed by atoms with Crippen molar-refractivity contribution in [3.63, 3.8) is 0 Å². The quantitative estimate of drug-likeness (QED) is 0.646. The van der Waals surface area contributed by atoms with Crippen LogP contribution >= 0.6 is 0 Å². The van der Waals surface area contributed by atoms with Gasteiger partial charge < -0.3 is 15.0 Å². The number of carbonyl (C=O) groups excluding carboxylic acids is 1. The SMILES string of the molecule is CC/C(=C/CCC1=C[NH+]([O-])c2ccc(OC)cc21)C(C)=O. The van der Waals surface area contributed by atoms with Crippen molar-refractivity contribution < 1.29 is 14.6 Å². The number of ketones is 1. The van der Waals surface area contributed by atoms with Crippen molar-refractivity contribution in [2.75, 3.05) is 7.11 Å². The van der Waals surface area contributed by atoms with Crippen molar-refractivity contribution in [3.8, 4) is 5.75 Å². The van der Waals surface area contributed by atoms with E-state index in [1.54, 1.807) is 26.3 Å². The molecule has 1 aliphatic rings. The van der Waals surface area contributed by atoms with Crippen LogP contribution in [0.15, 0.2) is 36.0 Å². The first-order valence-corrected chi connectivity index (χ1v) is 7.20. The Morgan fingerprint density at radius 2 is 2.19 bits per heavy atom. The highest BCUT2D eigenvalue weighted by molar-refractivity contribution is 5.93. The molecule has 0 saturated heterocycles. The monoisotopic (exact) mass is 287 g/mol. The number of fused-ring (bicyclic) bond motifs is 1. The second-order valence-electron chi connectivity index (χ2n) is 5.12. The lowest BCUT2D eigenvalue weighted by Crippen LogP contribution is -2.95. The number of nitrogens with one attached hydrogen (secondary N) is 1. The van der Waals surface area contributed by atoms with Gasteiger partial charge in [-0.3, -0.25) is 4.79 Å². The Morgan fingerprint density at radius 1 is 1.43 bits per heavy atom. The topological polar surface area (TPSA) is 53.8 Å². The minimum Gasteiger partial charge on any atom is -0.624 e. The summed E-state index contributed by atoms with van der Waals surface area (Å²) in [6, 6.07) is 5.52. The van der Waals surface area contributed by atoms with Crippen molar-refractivity contribution in [2.45, 2.75) is 33.1 Å². The molecule has 0 bridgehead atoms. The number of hydroxylamine groups is 1. The summed E-state index contributed by atoms with van der Waals surface area (Å²) in [5, 5.41) is 12.0. The number of benzene rings is 1. The first kappa shape index (κ1) is 15.5. The maximum absolute atomic E-state index is 12.0. The summed E-state index contributed by atoms with van der Waals surface area (Å²) in [5.41, 5.74) is 3.56. The Morgan fingerprint density at radius 3 is 2.81 bits per heavy atom. The standard InChI is InChI=1S/C17H21NO3/c1-4-13(12(2)19)6-5-7-14-11-18(20)17-9-8-15(21-3)10-16(14)17/h6,8-11,18H,4-5,7H2,1-3H3/b13-6-. The zero-order chi connectivity index (χ0) is 15.4. The summed E-state index contributed by atoms with van der Waals surface area (Å²) in [7, 11) is 1.62. The Hall–Kier alpha value is -1.91. The van der Waals surface area contributed by atoms with Crippen molar-refractivity contribution in [1.82, 2.24) is 0 Å². The number of methoxy groups -OCH3 is 1. The normalized spacial score (nSPS) is 17.4. The minimum atomic E-state index is 0.0499. The molecular formula is C17H21NO3. The molecule has 21 heavy (non-hydrogen) atoms. The number of quaternary nitrogens is 1. The molecule has 0 radical (unpaired) electrons. The zero-order valence-corrected chi connectivity index (χ0v) is 12.7. The van der Waals surface area contributed by atoms with Gasteiger partial charge in [-0.1, -0.05) is 13.0 Å². The van der Waals surface area contributed by atoms with E-state index in [4.69, 9.17) is 4.74 Å². The average Bonchev–Trinajstić information content (AvgIpc) is 2.79. The van der Waals surface area contributed by atoms with Gasteiger partial charge >= 0.3 is 0 Å². The molecule has 4 nitrogen and oxygen atoms in total. The smallest absolute Gasteiger partial charge is 0.155 e. The van der Waals surface area contributed by atoms with Crippen LogP contribution in [0.1, 0.15) is 38.7 Å². The van der Waals surface area contributed by atoms with Crippen molar-refractivity contribution in [1.29, 1.82) is 0 Å². The molecule has 0 amide bonds. The molecular weight excluding hydrogens is 266 g/mol. The summed E-state index contributed by atoms with van der Waals surface area (Å²) in [4.78, 5) is 11.4. The van der Waals surface area contributed by atoms with Crippen LogP contribution in [0.3, 0.4) is 0 Å². The van der Waals surface area contributed by atoms with E-state index >= 15 is 0 Å². The third kappa shape index (κ3) is 3.40. The van der Waals surface area contributed by atoms with Gasteiger partial charge in [-0.25, -0.2) is 0 Å². The van der Waals surface area contributed by atoms with E-state index in [9.17, 15) is 10.0 Å². The maximum Gasteiger partial charge on any atom is 0.155 e. The Balaban J connectivity index is 2.13. The first-order valence-electron chi connectivity index (χ1n) is 7.20. The maximum atomic E-state index is 12.0. The largest absolute Gasteiger partial charge is 0.624 e. The van der Waals surface area contributed by atoms with Crippen molar-refractivity contribution >= 4 is 17.0 Å². The van der Waals surface area contributed by atoms with Gasteiger partial charge in [0.15, 0.2) is 5.78 Å². The first-order chi connectivity index (χ1) is 10.1. The van der Waals surface area contributed by atoms with Crippen LogP contribution in [-0.2, 0) is 4.79 Å². The van der Waals surface area contributed by atoms with E-state index in [1.807, 2.05) is 25.1 Å². The number of ether oxygens (including phenoxy) is 1. The van der Waals surface area contributed by atoms with Gasteiger partial charge in [0.1, 0.15) is 17.6 Å². The van der Waals surface area contributed by atoms with Gasteiger partial charge in [0.2, 0.25) is 0 Å². The average molecular weight is 287 g/mol. The molecule has 1 atom stereocenters.